The van der Waals surface area contributed by atoms with E-state index in [1.54, 1.807) is 0 Å². The second-order valence-corrected chi connectivity index (χ2v) is 5.37. The zero-order valence-corrected chi connectivity index (χ0v) is 11.8. The zero-order chi connectivity index (χ0) is 17.3. The summed E-state index contributed by atoms with van der Waals surface area (Å²) in [7, 11) is 0. The Morgan fingerprint density at radius 1 is 1.00 bits per heavy atom. The molecule has 0 aromatic heterocycles. The van der Waals surface area contributed by atoms with E-state index in [1.165, 1.54) is 0 Å². The average Bonchev–Trinajstić information content (AvgIpc) is 2.40. The maximum Gasteiger partial charge on any atom is 0.573 e. The van der Waals surface area contributed by atoms with Gasteiger partial charge in [0.1, 0.15) is 5.75 Å². The molecule has 0 bridgehead atoms. The summed E-state index contributed by atoms with van der Waals surface area (Å²) >= 11 is 0. The molecule has 9 heteroatoms. The van der Waals surface area contributed by atoms with Crippen LogP contribution in [0, 0.1) is 0 Å². The molecule has 2 rings (SSSR count). The lowest BCUT2D eigenvalue weighted by molar-refractivity contribution is -0.276. The second-order valence-electron chi connectivity index (χ2n) is 5.37. The van der Waals surface area contributed by atoms with E-state index in [9.17, 15) is 31.4 Å². The van der Waals surface area contributed by atoms with Crippen LogP contribution in [0.25, 0.3) is 0 Å². The van der Waals surface area contributed by atoms with E-state index in [0.717, 1.165) is 6.07 Å². The highest BCUT2D eigenvalue weighted by molar-refractivity contribution is 5.53. The van der Waals surface area contributed by atoms with Gasteiger partial charge in [-0.15, -0.1) is 13.2 Å². The molecule has 1 aromatic carbocycles. The molecule has 1 saturated carbocycles. The maximum absolute atomic E-state index is 12.9. The summed E-state index contributed by atoms with van der Waals surface area (Å²) < 4.78 is 78.7. The molecule has 3 nitrogen and oxygen atoms in total. The third-order valence-corrected chi connectivity index (χ3v) is 3.56. The Hall–Kier alpha value is -1.64. The van der Waals surface area contributed by atoms with E-state index in [0.29, 0.717) is 37.8 Å². The van der Waals surface area contributed by atoms with Crippen LogP contribution in [0.4, 0.5) is 32.0 Å². The Balaban J connectivity index is 2.19. The van der Waals surface area contributed by atoms with Crippen molar-refractivity contribution in [1.82, 2.24) is 0 Å². The standard InChI is InChI=1S/C14H14F6NO2/c15-13(16,17)11-7-9(3-6-12(11)23-14(18,19)20)21-8-1-4-10(22)5-2-8/h3,6-8,10,21H,1-2,4-5H2/t8-,10-. The van der Waals surface area contributed by atoms with E-state index in [-0.39, 0.29) is 11.7 Å². The molecule has 0 atom stereocenters. The van der Waals surface area contributed by atoms with Crippen LogP contribution in [0.5, 0.6) is 5.75 Å². The topological polar surface area (TPSA) is 41.2 Å². The fraction of sp³-hybridized carbons (Fsp3) is 0.571. The Bertz CT molecular complexity index is 535. The highest BCUT2D eigenvalue weighted by atomic mass is 19.4. The van der Waals surface area contributed by atoms with Crippen LogP contribution < -0.4 is 10.1 Å². The third kappa shape index (κ3) is 5.19. The van der Waals surface area contributed by atoms with Crippen molar-refractivity contribution in [2.45, 2.75) is 50.4 Å². The van der Waals surface area contributed by atoms with Gasteiger partial charge in [-0.2, -0.15) is 13.2 Å². The quantitative estimate of drug-likeness (QED) is 0.805. The van der Waals surface area contributed by atoms with Crippen LogP contribution in [0.3, 0.4) is 0 Å². The van der Waals surface area contributed by atoms with Crippen LogP contribution in [-0.2, 0) is 11.3 Å². The predicted octanol–water partition coefficient (Wildman–Crippen LogP) is 4.76. The molecule has 1 radical (unpaired) electrons. The summed E-state index contributed by atoms with van der Waals surface area (Å²) in [5.41, 5.74) is -1.46. The number of hydrogen-bond donors (Lipinski definition) is 1. The average molecular weight is 342 g/mol. The number of benzene rings is 1. The lowest BCUT2D eigenvalue weighted by Gasteiger charge is -2.26. The van der Waals surface area contributed by atoms with Crippen LogP contribution in [0.1, 0.15) is 31.2 Å². The Labute approximate surface area is 128 Å². The molecule has 0 saturated heterocycles. The van der Waals surface area contributed by atoms with Crippen LogP contribution in [0.15, 0.2) is 18.2 Å². The number of hydrogen-bond acceptors (Lipinski definition) is 2. The first-order valence-corrected chi connectivity index (χ1v) is 6.94. The molecule has 1 aliphatic rings. The van der Waals surface area contributed by atoms with Gasteiger partial charge in [-0.3, -0.25) is 0 Å². The normalized spacial score (nSPS) is 22.7. The Morgan fingerprint density at radius 3 is 2.13 bits per heavy atom. The van der Waals surface area contributed by atoms with Gasteiger partial charge in [-0.25, -0.2) is 5.11 Å². The van der Waals surface area contributed by atoms with Crippen molar-refractivity contribution < 1.29 is 36.2 Å². The highest BCUT2D eigenvalue weighted by Crippen LogP contribution is 2.40. The van der Waals surface area contributed by atoms with Gasteiger partial charge < -0.3 is 10.1 Å². The number of anilines is 1. The van der Waals surface area contributed by atoms with Gasteiger partial charge in [0.2, 0.25) is 0 Å². The monoisotopic (exact) mass is 342 g/mol. The van der Waals surface area contributed by atoms with Crippen molar-refractivity contribution in [2.75, 3.05) is 5.32 Å². The molecule has 0 heterocycles. The first-order valence-electron chi connectivity index (χ1n) is 6.94. The van der Waals surface area contributed by atoms with Crippen molar-refractivity contribution in [3.63, 3.8) is 0 Å². The number of rotatable bonds is 3. The Morgan fingerprint density at radius 2 is 1.61 bits per heavy atom. The van der Waals surface area contributed by atoms with Gasteiger partial charge in [-0.05, 0) is 43.9 Å². The number of alkyl halides is 6. The van der Waals surface area contributed by atoms with E-state index >= 15 is 0 Å². The molecule has 1 fully saturated rings. The van der Waals surface area contributed by atoms with Crippen molar-refractivity contribution in [3.8, 4) is 5.75 Å². The summed E-state index contributed by atoms with van der Waals surface area (Å²) in [6.07, 6.45) is -9.00. The van der Waals surface area contributed by atoms with E-state index < -0.39 is 30.0 Å². The number of ether oxygens (including phenoxy) is 1. The summed E-state index contributed by atoms with van der Waals surface area (Å²) in [5, 5.41) is 14.0. The van der Waals surface area contributed by atoms with Crippen LogP contribution in [0.2, 0.25) is 0 Å². The minimum atomic E-state index is -5.21. The van der Waals surface area contributed by atoms with E-state index in [4.69, 9.17) is 0 Å². The second kappa shape index (κ2) is 6.46. The van der Waals surface area contributed by atoms with Crippen molar-refractivity contribution in [2.24, 2.45) is 0 Å². The number of nitrogens with one attached hydrogen (secondary N) is 1. The SMILES string of the molecule is [O][C@H]1CC[C@H](Nc2ccc(OC(F)(F)F)c(C(F)(F)F)c2)CC1. The van der Waals surface area contributed by atoms with Crippen LogP contribution >= 0.6 is 0 Å². The molecule has 1 aliphatic carbocycles. The minimum absolute atomic E-state index is 0.0428. The summed E-state index contributed by atoms with van der Waals surface area (Å²) in [6, 6.07) is 2.15. The minimum Gasteiger partial charge on any atom is -0.405 e. The molecule has 0 unspecified atom stereocenters. The first-order chi connectivity index (χ1) is 10.5. The smallest absolute Gasteiger partial charge is 0.405 e. The maximum atomic E-state index is 12.9. The largest absolute Gasteiger partial charge is 0.573 e. The van der Waals surface area contributed by atoms with Gasteiger partial charge in [0.05, 0.1) is 11.7 Å². The van der Waals surface area contributed by atoms with Gasteiger partial charge in [0.25, 0.3) is 0 Å². The van der Waals surface area contributed by atoms with Crippen molar-refractivity contribution >= 4 is 5.69 Å². The lowest BCUT2D eigenvalue weighted by Crippen LogP contribution is -2.28. The van der Waals surface area contributed by atoms with Gasteiger partial charge in [-0.1, -0.05) is 0 Å². The Kier molecular flexibility index (Phi) is 4.98. The first kappa shape index (κ1) is 17.7. The third-order valence-electron chi connectivity index (χ3n) is 3.56. The summed E-state index contributed by atoms with van der Waals surface area (Å²) in [4.78, 5) is 0. The van der Waals surface area contributed by atoms with E-state index in [1.807, 2.05) is 0 Å². The molecule has 0 aliphatic heterocycles. The van der Waals surface area contributed by atoms with Crippen LogP contribution in [-0.4, -0.2) is 18.5 Å². The summed E-state index contributed by atoms with van der Waals surface area (Å²) in [5.74, 6) is -1.29. The number of halogens is 6. The fourth-order valence-corrected chi connectivity index (χ4v) is 2.50. The summed E-state index contributed by atoms with van der Waals surface area (Å²) in [6.45, 7) is 0. The van der Waals surface area contributed by atoms with Gasteiger partial charge >= 0.3 is 12.5 Å². The molecule has 1 aromatic rings. The molecule has 23 heavy (non-hydrogen) atoms. The van der Waals surface area contributed by atoms with Crippen molar-refractivity contribution in [3.05, 3.63) is 23.8 Å². The predicted molar refractivity (Wildman–Crippen MR) is 68.5 cm³/mol. The lowest BCUT2D eigenvalue weighted by atomic mass is 9.93. The van der Waals surface area contributed by atoms with E-state index in [2.05, 4.69) is 10.1 Å². The molecule has 129 valence electrons. The van der Waals surface area contributed by atoms with Gasteiger partial charge in [0, 0.05) is 11.7 Å². The molecule has 0 amide bonds. The molecule has 0 spiro atoms. The van der Waals surface area contributed by atoms with Crippen molar-refractivity contribution in [1.29, 1.82) is 0 Å². The highest BCUT2D eigenvalue weighted by Gasteiger charge is 2.39. The molecular formula is C14H14F6NO2. The zero-order valence-electron chi connectivity index (χ0n) is 11.8. The van der Waals surface area contributed by atoms with Gasteiger partial charge in [0.15, 0.2) is 0 Å². The fourth-order valence-electron chi connectivity index (χ4n) is 2.50. The molecular weight excluding hydrogens is 328 g/mol. The molecule has 1 N–H and O–H groups in total.